The summed E-state index contributed by atoms with van der Waals surface area (Å²) in [5, 5.41) is 12.0. The van der Waals surface area contributed by atoms with Crippen LogP contribution in [0.4, 0.5) is 5.69 Å². The van der Waals surface area contributed by atoms with Crippen LogP contribution in [0.15, 0.2) is 59.1 Å². The molecule has 0 aliphatic carbocycles. The Balaban J connectivity index is 1.56. The lowest BCUT2D eigenvalue weighted by Crippen LogP contribution is -2.18. The zero-order chi connectivity index (χ0) is 19.5. The SMILES string of the molecule is CCc1nnc(-c2ccc3ccn(CC(=O)Nc4cccc(OC)c4)c3c2)o1. The van der Waals surface area contributed by atoms with Crippen molar-refractivity contribution in [3.63, 3.8) is 0 Å². The number of aromatic nitrogens is 3. The zero-order valence-corrected chi connectivity index (χ0v) is 15.7. The molecule has 2 aromatic heterocycles. The molecule has 0 saturated carbocycles. The molecule has 2 aromatic carbocycles. The molecule has 0 aliphatic heterocycles. The number of nitrogens with zero attached hydrogens (tertiary/aromatic N) is 3. The van der Waals surface area contributed by atoms with E-state index in [1.54, 1.807) is 13.2 Å². The van der Waals surface area contributed by atoms with Crippen LogP contribution < -0.4 is 10.1 Å². The standard InChI is InChI=1S/C21H20N4O3/c1-3-20-23-24-21(28-20)15-8-7-14-9-10-25(18(14)11-15)13-19(26)22-16-5-4-6-17(12-16)27-2/h4-12H,3,13H2,1-2H3,(H,22,26). The number of amides is 1. The molecule has 0 aliphatic rings. The Labute approximate surface area is 161 Å². The van der Waals surface area contributed by atoms with Crippen molar-refractivity contribution in [1.82, 2.24) is 14.8 Å². The van der Waals surface area contributed by atoms with Crippen LogP contribution in [0.1, 0.15) is 12.8 Å². The Bertz CT molecular complexity index is 1130. The van der Waals surface area contributed by atoms with Gasteiger partial charge >= 0.3 is 0 Å². The fourth-order valence-electron chi connectivity index (χ4n) is 3.02. The number of rotatable bonds is 6. The third kappa shape index (κ3) is 3.59. The first-order valence-corrected chi connectivity index (χ1v) is 9.02. The van der Waals surface area contributed by atoms with E-state index in [9.17, 15) is 4.79 Å². The van der Waals surface area contributed by atoms with Gasteiger partial charge in [0.1, 0.15) is 12.3 Å². The summed E-state index contributed by atoms with van der Waals surface area (Å²) in [4.78, 5) is 12.5. The predicted octanol–water partition coefficient (Wildman–Crippen LogP) is 3.90. The van der Waals surface area contributed by atoms with Crippen LogP contribution in [0.3, 0.4) is 0 Å². The summed E-state index contributed by atoms with van der Waals surface area (Å²) >= 11 is 0. The van der Waals surface area contributed by atoms with Gasteiger partial charge in [0.25, 0.3) is 0 Å². The minimum absolute atomic E-state index is 0.123. The van der Waals surface area contributed by atoms with Gasteiger partial charge in [0.15, 0.2) is 0 Å². The highest BCUT2D eigenvalue weighted by Gasteiger charge is 2.12. The molecular weight excluding hydrogens is 356 g/mol. The van der Waals surface area contributed by atoms with Gasteiger partial charge < -0.3 is 19.0 Å². The van der Waals surface area contributed by atoms with Crippen molar-refractivity contribution in [2.75, 3.05) is 12.4 Å². The molecule has 0 unspecified atom stereocenters. The molecule has 0 spiro atoms. The number of benzene rings is 2. The molecule has 0 radical (unpaired) electrons. The van der Waals surface area contributed by atoms with E-state index in [0.29, 0.717) is 29.6 Å². The Hall–Kier alpha value is -3.61. The minimum atomic E-state index is -0.123. The number of ether oxygens (including phenoxy) is 1. The van der Waals surface area contributed by atoms with Gasteiger partial charge in [0, 0.05) is 35.5 Å². The predicted molar refractivity (Wildman–Crippen MR) is 106 cm³/mol. The smallest absolute Gasteiger partial charge is 0.247 e. The molecule has 2 heterocycles. The number of anilines is 1. The van der Waals surface area contributed by atoms with Crippen molar-refractivity contribution in [3.05, 3.63) is 60.6 Å². The lowest BCUT2D eigenvalue weighted by Gasteiger charge is -2.09. The summed E-state index contributed by atoms with van der Waals surface area (Å²) in [5.41, 5.74) is 2.45. The zero-order valence-electron chi connectivity index (χ0n) is 15.7. The van der Waals surface area contributed by atoms with Crippen molar-refractivity contribution < 1.29 is 13.9 Å². The van der Waals surface area contributed by atoms with Gasteiger partial charge in [-0.15, -0.1) is 10.2 Å². The maximum Gasteiger partial charge on any atom is 0.247 e. The summed E-state index contributed by atoms with van der Waals surface area (Å²) in [6.07, 6.45) is 2.58. The van der Waals surface area contributed by atoms with E-state index in [1.165, 1.54) is 0 Å². The molecule has 0 saturated heterocycles. The van der Waals surface area contributed by atoms with Crippen LogP contribution >= 0.6 is 0 Å². The number of methoxy groups -OCH3 is 1. The van der Waals surface area contributed by atoms with E-state index >= 15 is 0 Å². The number of hydrogen-bond acceptors (Lipinski definition) is 5. The summed E-state index contributed by atoms with van der Waals surface area (Å²) in [6.45, 7) is 2.15. The first-order chi connectivity index (χ1) is 13.7. The van der Waals surface area contributed by atoms with Gasteiger partial charge in [-0.3, -0.25) is 4.79 Å². The van der Waals surface area contributed by atoms with E-state index in [2.05, 4.69) is 15.5 Å². The third-order valence-electron chi connectivity index (χ3n) is 4.46. The van der Waals surface area contributed by atoms with Crippen molar-refractivity contribution >= 4 is 22.5 Å². The molecule has 0 bridgehead atoms. The lowest BCUT2D eigenvalue weighted by molar-refractivity contribution is -0.116. The molecule has 28 heavy (non-hydrogen) atoms. The maximum atomic E-state index is 12.5. The highest BCUT2D eigenvalue weighted by Crippen LogP contribution is 2.25. The summed E-state index contributed by atoms with van der Waals surface area (Å²) in [7, 11) is 1.59. The highest BCUT2D eigenvalue weighted by atomic mass is 16.5. The fraction of sp³-hybridized carbons (Fsp3) is 0.190. The molecule has 0 fully saturated rings. The maximum absolute atomic E-state index is 12.5. The molecule has 4 aromatic rings. The molecule has 0 atom stereocenters. The van der Waals surface area contributed by atoms with E-state index < -0.39 is 0 Å². The topological polar surface area (TPSA) is 82.2 Å². The average molecular weight is 376 g/mol. The van der Waals surface area contributed by atoms with Gasteiger partial charge in [-0.05, 0) is 35.7 Å². The molecule has 7 nitrogen and oxygen atoms in total. The van der Waals surface area contributed by atoms with Gasteiger partial charge in [-0.1, -0.05) is 19.1 Å². The summed E-state index contributed by atoms with van der Waals surface area (Å²) in [6, 6.07) is 15.1. The monoisotopic (exact) mass is 376 g/mol. The average Bonchev–Trinajstić information content (AvgIpc) is 3.35. The van der Waals surface area contributed by atoms with E-state index in [1.807, 2.05) is 60.2 Å². The molecule has 142 valence electrons. The molecule has 1 N–H and O–H groups in total. The van der Waals surface area contributed by atoms with Crippen molar-refractivity contribution in [3.8, 4) is 17.2 Å². The lowest BCUT2D eigenvalue weighted by atomic mass is 10.1. The van der Waals surface area contributed by atoms with Crippen LogP contribution in [-0.2, 0) is 17.8 Å². The van der Waals surface area contributed by atoms with Crippen LogP contribution in [0.25, 0.3) is 22.4 Å². The summed E-state index contributed by atoms with van der Waals surface area (Å²) < 4.78 is 12.7. The number of carbonyl (C=O) groups excluding carboxylic acids is 1. The number of fused-ring (bicyclic) bond motifs is 1. The molecule has 7 heteroatoms. The van der Waals surface area contributed by atoms with Crippen LogP contribution in [-0.4, -0.2) is 27.8 Å². The normalized spacial score (nSPS) is 10.9. The Morgan fingerprint density at radius 2 is 2.07 bits per heavy atom. The molecule has 4 rings (SSSR count). The second-order valence-corrected chi connectivity index (χ2v) is 6.35. The largest absolute Gasteiger partial charge is 0.497 e. The van der Waals surface area contributed by atoms with Crippen molar-refractivity contribution in [1.29, 1.82) is 0 Å². The van der Waals surface area contributed by atoms with E-state index in [-0.39, 0.29) is 12.5 Å². The third-order valence-corrected chi connectivity index (χ3v) is 4.46. The quantitative estimate of drug-likeness (QED) is 0.552. The summed E-state index contributed by atoms with van der Waals surface area (Å²) in [5.74, 6) is 1.65. The van der Waals surface area contributed by atoms with Crippen LogP contribution in [0.5, 0.6) is 5.75 Å². The van der Waals surface area contributed by atoms with Gasteiger partial charge in [-0.25, -0.2) is 0 Å². The minimum Gasteiger partial charge on any atom is -0.497 e. The Morgan fingerprint density at radius 1 is 1.18 bits per heavy atom. The van der Waals surface area contributed by atoms with Crippen molar-refractivity contribution in [2.45, 2.75) is 19.9 Å². The number of carbonyl (C=O) groups is 1. The molecule has 1 amide bonds. The first kappa shape index (κ1) is 17.8. The first-order valence-electron chi connectivity index (χ1n) is 9.02. The Morgan fingerprint density at radius 3 is 2.86 bits per heavy atom. The van der Waals surface area contributed by atoms with Gasteiger partial charge in [0.05, 0.1) is 7.11 Å². The highest BCUT2D eigenvalue weighted by molar-refractivity contribution is 5.92. The van der Waals surface area contributed by atoms with E-state index in [4.69, 9.17) is 9.15 Å². The van der Waals surface area contributed by atoms with Gasteiger partial charge in [-0.2, -0.15) is 0 Å². The van der Waals surface area contributed by atoms with E-state index in [0.717, 1.165) is 16.5 Å². The van der Waals surface area contributed by atoms with Crippen molar-refractivity contribution in [2.24, 2.45) is 0 Å². The van der Waals surface area contributed by atoms with Crippen LogP contribution in [0, 0.1) is 0 Å². The second kappa shape index (κ2) is 7.56. The van der Waals surface area contributed by atoms with Crippen LogP contribution in [0.2, 0.25) is 0 Å². The number of nitrogens with one attached hydrogen (secondary N) is 1. The number of aryl methyl sites for hydroxylation is 1. The Kier molecular flexibility index (Phi) is 4.80. The number of hydrogen-bond donors (Lipinski definition) is 1. The second-order valence-electron chi connectivity index (χ2n) is 6.35. The fourth-order valence-corrected chi connectivity index (χ4v) is 3.02. The molecular formula is C21H20N4O3. The van der Waals surface area contributed by atoms with Gasteiger partial charge in [0.2, 0.25) is 17.7 Å².